The van der Waals surface area contributed by atoms with Crippen molar-refractivity contribution in [1.29, 1.82) is 0 Å². The number of carboxylic acids is 1. The highest BCUT2D eigenvalue weighted by molar-refractivity contribution is 5.75. The monoisotopic (exact) mass is 331 g/mol. The van der Waals surface area contributed by atoms with Crippen molar-refractivity contribution >= 4 is 17.7 Å². The molecule has 6 nitrogen and oxygen atoms in total. The van der Waals surface area contributed by atoms with Crippen LogP contribution in [0.15, 0.2) is 30.3 Å². The summed E-state index contributed by atoms with van der Waals surface area (Å²) in [7, 11) is 0. The summed E-state index contributed by atoms with van der Waals surface area (Å²) in [6, 6.07) is 10.3. The number of hydrogen-bond donors (Lipinski definition) is 3. The molecule has 1 heterocycles. The van der Waals surface area contributed by atoms with Crippen molar-refractivity contribution in [3.8, 4) is 0 Å². The van der Waals surface area contributed by atoms with E-state index in [4.69, 9.17) is 5.11 Å². The van der Waals surface area contributed by atoms with Crippen LogP contribution in [0.1, 0.15) is 32.1 Å². The fourth-order valence-corrected chi connectivity index (χ4v) is 3.65. The molecule has 1 saturated heterocycles. The zero-order chi connectivity index (χ0) is 16.9. The molecule has 2 amide bonds. The van der Waals surface area contributed by atoms with Gasteiger partial charge in [-0.15, -0.1) is 0 Å². The van der Waals surface area contributed by atoms with Crippen molar-refractivity contribution in [3.63, 3.8) is 0 Å². The molecule has 1 atom stereocenters. The molecular weight excluding hydrogens is 306 g/mol. The average molecular weight is 331 g/mol. The standard InChI is InChI=1S/C18H25N3O3/c22-17(23)13-6-8-14(9-7-13)19-18(24)20-15-10-11-21(12-15)16-4-2-1-3-5-16/h1-5,13-15H,6-12H2,(H,22,23)(H2,19,20,24). The molecule has 6 heteroatoms. The molecule has 0 spiro atoms. The minimum Gasteiger partial charge on any atom is -0.481 e. The molecule has 2 fully saturated rings. The summed E-state index contributed by atoms with van der Waals surface area (Å²) in [6.45, 7) is 1.77. The normalized spacial score (nSPS) is 26.8. The van der Waals surface area contributed by atoms with Crippen molar-refractivity contribution in [2.45, 2.75) is 44.2 Å². The number of rotatable bonds is 4. The van der Waals surface area contributed by atoms with Crippen molar-refractivity contribution in [2.75, 3.05) is 18.0 Å². The number of hydrogen-bond acceptors (Lipinski definition) is 3. The van der Waals surface area contributed by atoms with Crippen LogP contribution in [-0.4, -0.2) is 42.3 Å². The molecule has 0 bridgehead atoms. The van der Waals surface area contributed by atoms with Gasteiger partial charge >= 0.3 is 12.0 Å². The fourth-order valence-electron chi connectivity index (χ4n) is 3.65. The van der Waals surface area contributed by atoms with Gasteiger partial charge in [-0.25, -0.2) is 4.79 Å². The second-order valence-corrected chi connectivity index (χ2v) is 6.77. The Hall–Kier alpha value is -2.24. The van der Waals surface area contributed by atoms with Gasteiger partial charge in [0.05, 0.1) is 5.92 Å². The van der Waals surface area contributed by atoms with Crippen molar-refractivity contribution < 1.29 is 14.7 Å². The van der Waals surface area contributed by atoms with Crippen LogP contribution >= 0.6 is 0 Å². The van der Waals surface area contributed by atoms with E-state index in [1.807, 2.05) is 18.2 Å². The number of nitrogens with one attached hydrogen (secondary N) is 2. The van der Waals surface area contributed by atoms with E-state index < -0.39 is 5.97 Å². The number of nitrogens with zero attached hydrogens (tertiary/aromatic N) is 1. The molecule has 3 N–H and O–H groups in total. The number of carboxylic acid groups (broad SMARTS) is 1. The van der Waals surface area contributed by atoms with Crippen LogP contribution in [0, 0.1) is 5.92 Å². The topological polar surface area (TPSA) is 81.7 Å². The molecule has 1 aliphatic heterocycles. The van der Waals surface area contributed by atoms with Crippen molar-refractivity contribution in [1.82, 2.24) is 10.6 Å². The van der Waals surface area contributed by atoms with Gasteiger partial charge in [-0.2, -0.15) is 0 Å². The van der Waals surface area contributed by atoms with E-state index in [0.717, 1.165) is 32.4 Å². The zero-order valence-corrected chi connectivity index (χ0v) is 13.8. The molecule has 0 aromatic heterocycles. The molecule has 1 saturated carbocycles. The molecule has 2 aliphatic rings. The Kier molecular flexibility index (Phi) is 5.23. The van der Waals surface area contributed by atoms with Gasteiger partial charge in [0.25, 0.3) is 0 Å². The Bertz CT molecular complexity index is 570. The van der Waals surface area contributed by atoms with Crippen LogP contribution in [-0.2, 0) is 4.79 Å². The zero-order valence-electron chi connectivity index (χ0n) is 13.8. The predicted octanol–water partition coefficient (Wildman–Crippen LogP) is 2.21. The lowest BCUT2D eigenvalue weighted by Gasteiger charge is -2.27. The minimum atomic E-state index is -0.718. The van der Waals surface area contributed by atoms with E-state index in [2.05, 4.69) is 27.7 Å². The third-order valence-electron chi connectivity index (χ3n) is 5.06. The van der Waals surface area contributed by atoms with Crippen LogP contribution < -0.4 is 15.5 Å². The molecule has 130 valence electrons. The van der Waals surface area contributed by atoms with Gasteiger partial charge in [-0.3, -0.25) is 4.79 Å². The molecule has 1 aromatic carbocycles. The van der Waals surface area contributed by atoms with E-state index in [9.17, 15) is 9.59 Å². The Labute approximate surface area is 142 Å². The Balaban J connectivity index is 1.41. The van der Waals surface area contributed by atoms with E-state index in [1.54, 1.807) is 0 Å². The first-order valence-corrected chi connectivity index (χ1v) is 8.71. The highest BCUT2D eigenvalue weighted by atomic mass is 16.4. The van der Waals surface area contributed by atoms with Crippen LogP contribution in [0.25, 0.3) is 0 Å². The number of benzene rings is 1. The molecule has 3 rings (SSSR count). The molecule has 0 radical (unpaired) electrons. The SMILES string of the molecule is O=C(NC1CCC(C(=O)O)CC1)NC1CCN(c2ccccc2)C1. The summed E-state index contributed by atoms with van der Waals surface area (Å²) in [6.07, 6.45) is 3.71. The Morgan fingerprint density at radius 2 is 1.62 bits per heavy atom. The smallest absolute Gasteiger partial charge is 0.315 e. The molecule has 1 unspecified atom stereocenters. The van der Waals surface area contributed by atoms with Crippen LogP contribution in [0.2, 0.25) is 0 Å². The summed E-state index contributed by atoms with van der Waals surface area (Å²) < 4.78 is 0. The lowest BCUT2D eigenvalue weighted by atomic mass is 9.86. The number of urea groups is 1. The quantitative estimate of drug-likeness (QED) is 0.790. The van der Waals surface area contributed by atoms with Gasteiger partial charge in [0.1, 0.15) is 0 Å². The maximum Gasteiger partial charge on any atom is 0.315 e. The summed E-state index contributed by atoms with van der Waals surface area (Å²) in [5.41, 5.74) is 1.19. The van der Waals surface area contributed by atoms with Gasteiger partial charge in [0.15, 0.2) is 0 Å². The number of anilines is 1. The minimum absolute atomic E-state index is 0.0900. The summed E-state index contributed by atoms with van der Waals surface area (Å²) >= 11 is 0. The van der Waals surface area contributed by atoms with Crippen molar-refractivity contribution in [3.05, 3.63) is 30.3 Å². The number of carbonyl (C=O) groups excluding carboxylic acids is 1. The summed E-state index contributed by atoms with van der Waals surface area (Å²) in [5.74, 6) is -0.967. The third kappa shape index (κ3) is 4.19. The number of aliphatic carboxylic acids is 1. The lowest BCUT2D eigenvalue weighted by Crippen LogP contribution is -2.48. The van der Waals surface area contributed by atoms with Crippen LogP contribution in [0.5, 0.6) is 0 Å². The Morgan fingerprint density at radius 1 is 0.958 bits per heavy atom. The third-order valence-corrected chi connectivity index (χ3v) is 5.06. The van der Waals surface area contributed by atoms with Gasteiger partial charge in [0, 0.05) is 30.9 Å². The van der Waals surface area contributed by atoms with Gasteiger partial charge in [0.2, 0.25) is 0 Å². The van der Waals surface area contributed by atoms with Crippen LogP contribution in [0.3, 0.4) is 0 Å². The highest BCUT2D eigenvalue weighted by Gasteiger charge is 2.28. The second-order valence-electron chi connectivity index (χ2n) is 6.77. The fraction of sp³-hybridized carbons (Fsp3) is 0.556. The summed E-state index contributed by atoms with van der Waals surface area (Å²) in [5, 5.41) is 15.1. The van der Waals surface area contributed by atoms with Gasteiger partial charge < -0.3 is 20.6 Å². The average Bonchev–Trinajstić information content (AvgIpc) is 3.04. The molecule has 1 aromatic rings. The van der Waals surface area contributed by atoms with E-state index >= 15 is 0 Å². The first kappa shape index (κ1) is 16.6. The lowest BCUT2D eigenvalue weighted by molar-refractivity contribution is -0.142. The Morgan fingerprint density at radius 3 is 2.29 bits per heavy atom. The number of amides is 2. The first-order chi connectivity index (χ1) is 11.6. The second kappa shape index (κ2) is 7.55. The van der Waals surface area contributed by atoms with Gasteiger partial charge in [-0.05, 0) is 44.2 Å². The molecular formula is C18H25N3O3. The highest BCUT2D eigenvalue weighted by Crippen LogP contribution is 2.24. The maximum atomic E-state index is 12.2. The van der Waals surface area contributed by atoms with Crippen molar-refractivity contribution in [2.24, 2.45) is 5.92 Å². The maximum absolute atomic E-state index is 12.2. The number of para-hydroxylation sites is 1. The largest absolute Gasteiger partial charge is 0.481 e. The predicted molar refractivity (Wildman–Crippen MR) is 92.1 cm³/mol. The van der Waals surface area contributed by atoms with E-state index in [1.165, 1.54) is 5.69 Å². The van der Waals surface area contributed by atoms with Crippen LogP contribution in [0.4, 0.5) is 10.5 Å². The summed E-state index contributed by atoms with van der Waals surface area (Å²) in [4.78, 5) is 25.4. The van der Waals surface area contributed by atoms with E-state index in [-0.39, 0.29) is 24.0 Å². The first-order valence-electron chi connectivity index (χ1n) is 8.71. The molecule has 24 heavy (non-hydrogen) atoms. The van der Waals surface area contributed by atoms with Gasteiger partial charge in [-0.1, -0.05) is 18.2 Å². The van der Waals surface area contributed by atoms with E-state index in [0.29, 0.717) is 12.8 Å². The number of carbonyl (C=O) groups is 2. The molecule has 1 aliphatic carbocycles.